The first kappa shape index (κ1) is 23.5. The van der Waals surface area contributed by atoms with E-state index in [-0.39, 0.29) is 17.3 Å². The number of amides is 1. The van der Waals surface area contributed by atoms with E-state index < -0.39 is 10.0 Å². The van der Waals surface area contributed by atoms with Crippen molar-refractivity contribution in [3.8, 4) is 0 Å². The highest BCUT2D eigenvalue weighted by Gasteiger charge is 2.32. The Morgan fingerprint density at radius 3 is 2.09 bits per heavy atom. The standard InChI is InChI=1S/C24H30N4O3S/c1-16-7-9-21(10-8-16)14-25-23(29)15-28(22-12-17(2)11-18(3)13-22)32(30,31)24-19(4)26-27(6)20(24)5/h7-13H,14-15H2,1-6H3,(H,25,29). The molecule has 0 bridgehead atoms. The van der Waals surface area contributed by atoms with E-state index >= 15 is 0 Å². The maximum Gasteiger partial charge on any atom is 0.268 e. The van der Waals surface area contributed by atoms with Gasteiger partial charge in [0.25, 0.3) is 10.0 Å². The smallest absolute Gasteiger partial charge is 0.268 e. The number of hydrogen-bond acceptors (Lipinski definition) is 4. The van der Waals surface area contributed by atoms with Gasteiger partial charge in [0.05, 0.1) is 17.1 Å². The number of nitrogens with zero attached hydrogens (tertiary/aromatic N) is 3. The van der Waals surface area contributed by atoms with Crippen molar-refractivity contribution in [1.82, 2.24) is 15.1 Å². The zero-order valence-corrected chi connectivity index (χ0v) is 20.2. The van der Waals surface area contributed by atoms with Crippen molar-refractivity contribution in [1.29, 1.82) is 0 Å². The summed E-state index contributed by atoms with van der Waals surface area (Å²) in [5.41, 5.74) is 5.30. The zero-order chi connectivity index (χ0) is 23.6. The first-order chi connectivity index (χ1) is 15.0. The normalized spacial score (nSPS) is 11.4. The van der Waals surface area contributed by atoms with Crippen LogP contribution in [0.3, 0.4) is 0 Å². The fourth-order valence-electron chi connectivity index (χ4n) is 3.74. The first-order valence-electron chi connectivity index (χ1n) is 10.4. The second-order valence-corrected chi connectivity index (χ2v) is 10.0. The summed E-state index contributed by atoms with van der Waals surface area (Å²) in [6.45, 7) is 9.17. The number of benzene rings is 2. The first-order valence-corrected chi connectivity index (χ1v) is 11.9. The van der Waals surface area contributed by atoms with Gasteiger partial charge in [0.2, 0.25) is 5.91 Å². The number of anilines is 1. The lowest BCUT2D eigenvalue weighted by Crippen LogP contribution is -2.41. The van der Waals surface area contributed by atoms with Gasteiger partial charge >= 0.3 is 0 Å². The summed E-state index contributed by atoms with van der Waals surface area (Å²) in [6.07, 6.45) is 0. The van der Waals surface area contributed by atoms with Crippen LogP contribution in [0.25, 0.3) is 0 Å². The lowest BCUT2D eigenvalue weighted by Gasteiger charge is -2.25. The third kappa shape index (κ3) is 5.02. The van der Waals surface area contributed by atoms with Crippen LogP contribution in [0.5, 0.6) is 0 Å². The highest BCUT2D eigenvalue weighted by atomic mass is 32.2. The zero-order valence-electron chi connectivity index (χ0n) is 19.4. The van der Waals surface area contributed by atoms with Gasteiger partial charge in [-0.25, -0.2) is 8.42 Å². The highest BCUT2D eigenvalue weighted by molar-refractivity contribution is 7.93. The van der Waals surface area contributed by atoms with Crippen molar-refractivity contribution < 1.29 is 13.2 Å². The van der Waals surface area contributed by atoms with E-state index in [1.807, 2.05) is 51.1 Å². The van der Waals surface area contributed by atoms with E-state index in [1.54, 1.807) is 37.7 Å². The van der Waals surface area contributed by atoms with Crippen LogP contribution >= 0.6 is 0 Å². The van der Waals surface area contributed by atoms with Crippen LogP contribution in [0.15, 0.2) is 47.4 Å². The molecule has 0 spiro atoms. The Labute approximate surface area is 190 Å². The quantitative estimate of drug-likeness (QED) is 0.592. The molecule has 0 unspecified atom stereocenters. The lowest BCUT2D eigenvalue weighted by molar-refractivity contribution is -0.119. The van der Waals surface area contributed by atoms with Gasteiger partial charge in [-0.05, 0) is 63.4 Å². The second kappa shape index (κ2) is 9.16. The van der Waals surface area contributed by atoms with Gasteiger partial charge in [-0.3, -0.25) is 13.8 Å². The largest absolute Gasteiger partial charge is 0.350 e. The fraction of sp³-hybridized carbons (Fsp3) is 0.333. The molecule has 1 amide bonds. The molecule has 3 aromatic rings. The fourth-order valence-corrected chi connectivity index (χ4v) is 5.55. The maximum atomic E-state index is 13.8. The predicted octanol–water partition coefficient (Wildman–Crippen LogP) is 3.47. The Hall–Kier alpha value is -3.13. The molecular weight excluding hydrogens is 424 g/mol. The van der Waals surface area contributed by atoms with E-state index in [0.717, 1.165) is 22.3 Å². The molecule has 7 nitrogen and oxygen atoms in total. The number of rotatable bonds is 7. The number of aryl methyl sites for hydroxylation is 5. The SMILES string of the molecule is Cc1ccc(CNC(=O)CN(c2cc(C)cc(C)c2)S(=O)(=O)c2c(C)nn(C)c2C)cc1. The Morgan fingerprint density at radius 1 is 0.969 bits per heavy atom. The van der Waals surface area contributed by atoms with Crippen molar-refractivity contribution in [3.05, 3.63) is 76.1 Å². The summed E-state index contributed by atoms with van der Waals surface area (Å²) in [5.74, 6) is -0.382. The molecule has 0 aliphatic heterocycles. The highest BCUT2D eigenvalue weighted by Crippen LogP contribution is 2.29. The number of hydrogen-bond donors (Lipinski definition) is 1. The van der Waals surface area contributed by atoms with E-state index in [1.165, 1.54) is 4.31 Å². The molecule has 3 rings (SSSR count). The number of carbonyl (C=O) groups is 1. The molecule has 1 aromatic heterocycles. The molecule has 0 aliphatic rings. The molecule has 170 valence electrons. The van der Waals surface area contributed by atoms with Gasteiger partial charge in [0, 0.05) is 13.6 Å². The summed E-state index contributed by atoms with van der Waals surface area (Å²) in [6, 6.07) is 13.3. The van der Waals surface area contributed by atoms with Crippen molar-refractivity contribution in [2.75, 3.05) is 10.8 Å². The number of carbonyl (C=O) groups excluding carboxylic acids is 1. The van der Waals surface area contributed by atoms with Crippen molar-refractivity contribution >= 4 is 21.6 Å². The molecule has 8 heteroatoms. The minimum Gasteiger partial charge on any atom is -0.350 e. The monoisotopic (exact) mass is 454 g/mol. The Kier molecular flexibility index (Phi) is 6.74. The van der Waals surface area contributed by atoms with Crippen molar-refractivity contribution in [2.45, 2.75) is 46.1 Å². The van der Waals surface area contributed by atoms with Gasteiger partial charge in [0.15, 0.2) is 0 Å². The van der Waals surface area contributed by atoms with Gasteiger partial charge in [-0.15, -0.1) is 0 Å². The lowest BCUT2D eigenvalue weighted by atomic mass is 10.1. The van der Waals surface area contributed by atoms with Crippen LogP contribution in [0.2, 0.25) is 0 Å². The van der Waals surface area contributed by atoms with Crippen molar-refractivity contribution in [3.63, 3.8) is 0 Å². The van der Waals surface area contributed by atoms with E-state index in [9.17, 15) is 13.2 Å². The number of aromatic nitrogens is 2. The minimum absolute atomic E-state index is 0.130. The number of sulfonamides is 1. The molecule has 32 heavy (non-hydrogen) atoms. The summed E-state index contributed by atoms with van der Waals surface area (Å²) < 4.78 is 30.2. The topological polar surface area (TPSA) is 84.3 Å². The second-order valence-electron chi connectivity index (χ2n) is 8.24. The maximum absolute atomic E-state index is 13.8. The predicted molar refractivity (Wildman–Crippen MR) is 126 cm³/mol. The molecule has 2 aromatic carbocycles. The van der Waals surface area contributed by atoms with Crippen LogP contribution in [0.1, 0.15) is 33.6 Å². The molecule has 0 fully saturated rings. The summed E-state index contributed by atoms with van der Waals surface area (Å²) in [7, 11) is -2.32. The van der Waals surface area contributed by atoms with Gasteiger partial charge in [-0.2, -0.15) is 5.10 Å². The summed E-state index contributed by atoms with van der Waals surface area (Å²) >= 11 is 0. The van der Waals surface area contributed by atoms with Gasteiger partial charge in [-0.1, -0.05) is 35.9 Å². The Morgan fingerprint density at radius 2 is 1.56 bits per heavy atom. The number of nitrogens with one attached hydrogen (secondary N) is 1. The summed E-state index contributed by atoms with van der Waals surface area (Å²) in [4.78, 5) is 13.0. The molecule has 1 N–H and O–H groups in total. The molecule has 1 heterocycles. The third-order valence-electron chi connectivity index (χ3n) is 5.38. The van der Waals surface area contributed by atoms with Crippen LogP contribution < -0.4 is 9.62 Å². The van der Waals surface area contributed by atoms with E-state index in [0.29, 0.717) is 23.6 Å². The van der Waals surface area contributed by atoms with Crippen LogP contribution in [-0.4, -0.2) is 30.7 Å². The summed E-state index contributed by atoms with van der Waals surface area (Å²) in [5, 5.41) is 7.10. The average Bonchev–Trinajstić information content (AvgIpc) is 2.96. The third-order valence-corrected chi connectivity index (χ3v) is 7.41. The van der Waals surface area contributed by atoms with Gasteiger partial charge in [0.1, 0.15) is 11.4 Å². The van der Waals surface area contributed by atoms with E-state index in [2.05, 4.69) is 10.4 Å². The Bertz CT molecular complexity index is 1220. The van der Waals surface area contributed by atoms with Crippen LogP contribution in [0, 0.1) is 34.6 Å². The molecule has 0 saturated carbocycles. The molecular formula is C24H30N4O3S. The molecule has 0 aliphatic carbocycles. The Balaban J connectivity index is 1.95. The van der Waals surface area contributed by atoms with Crippen LogP contribution in [0.4, 0.5) is 5.69 Å². The minimum atomic E-state index is -4.02. The van der Waals surface area contributed by atoms with Gasteiger partial charge < -0.3 is 5.32 Å². The average molecular weight is 455 g/mol. The van der Waals surface area contributed by atoms with Crippen LogP contribution in [-0.2, 0) is 28.4 Å². The molecule has 0 saturated heterocycles. The molecule has 0 atom stereocenters. The van der Waals surface area contributed by atoms with Crippen molar-refractivity contribution in [2.24, 2.45) is 7.05 Å². The van der Waals surface area contributed by atoms with E-state index in [4.69, 9.17) is 0 Å². The molecule has 0 radical (unpaired) electrons.